The maximum absolute atomic E-state index is 14.4. The summed E-state index contributed by atoms with van der Waals surface area (Å²) in [6.07, 6.45) is 0.751. The predicted molar refractivity (Wildman–Crippen MR) is 126 cm³/mol. The highest BCUT2D eigenvalue weighted by Gasteiger charge is 2.63. The van der Waals surface area contributed by atoms with Crippen molar-refractivity contribution in [2.75, 3.05) is 13.1 Å². The fourth-order valence-electron chi connectivity index (χ4n) is 6.26. The molecule has 0 radical (unpaired) electrons. The van der Waals surface area contributed by atoms with Gasteiger partial charge in [0.2, 0.25) is 0 Å². The summed E-state index contributed by atoms with van der Waals surface area (Å²) < 4.78 is 14.4. The number of carbonyl (C=O) groups is 1. The van der Waals surface area contributed by atoms with Crippen molar-refractivity contribution < 1.29 is 19.4 Å². The molecule has 1 aliphatic heterocycles. The van der Waals surface area contributed by atoms with Crippen LogP contribution in [0.3, 0.4) is 0 Å². The van der Waals surface area contributed by atoms with Gasteiger partial charge in [-0.3, -0.25) is 4.90 Å². The van der Waals surface area contributed by atoms with Crippen LogP contribution >= 0.6 is 11.6 Å². The van der Waals surface area contributed by atoms with Gasteiger partial charge >= 0.3 is 0 Å². The summed E-state index contributed by atoms with van der Waals surface area (Å²) in [7, 11) is 0. The fourth-order valence-corrected chi connectivity index (χ4v) is 6.38. The van der Waals surface area contributed by atoms with Gasteiger partial charge in [0.05, 0.1) is 10.6 Å². The van der Waals surface area contributed by atoms with Crippen LogP contribution in [0, 0.1) is 17.2 Å². The van der Waals surface area contributed by atoms with Crippen LogP contribution in [-0.2, 0) is 16.9 Å². The molecule has 1 aliphatic carbocycles. The molecular weight excluding hydrogens is 453 g/mol. The number of aliphatic hydroxyl groups is 1. The van der Waals surface area contributed by atoms with E-state index in [1.165, 1.54) is 12.1 Å². The first-order chi connectivity index (χ1) is 16.3. The lowest BCUT2D eigenvalue weighted by Crippen LogP contribution is -2.59. The molecule has 0 aromatic heterocycles. The number of likely N-dealkylation sites (tertiary alicyclic amines) is 1. The van der Waals surface area contributed by atoms with Crippen LogP contribution in [-0.4, -0.2) is 29.1 Å². The molecule has 0 spiro atoms. The third-order valence-corrected chi connectivity index (χ3v) is 8.12. The Bertz CT molecular complexity index is 1190. The maximum atomic E-state index is 14.4. The number of carbonyl (C=O) groups excluding carboxylic acids is 1. The van der Waals surface area contributed by atoms with Gasteiger partial charge in [-0.05, 0) is 47.6 Å². The second-order valence-electron chi connectivity index (χ2n) is 9.59. The van der Waals surface area contributed by atoms with Gasteiger partial charge < -0.3 is 15.0 Å². The Morgan fingerprint density at radius 2 is 1.76 bits per heavy atom. The van der Waals surface area contributed by atoms with E-state index in [1.807, 2.05) is 60.7 Å². The molecule has 2 fully saturated rings. The molecule has 6 heteroatoms. The number of carboxylic acid groups (broad SMARTS) is 1. The quantitative estimate of drug-likeness (QED) is 0.599. The van der Waals surface area contributed by atoms with E-state index in [1.54, 1.807) is 6.07 Å². The fraction of sp³-hybridized carbons (Fsp3) is 0.321. The second-order valence-corrected chi connectivity index (χ2v) is 10.00. The summed E-state index contributed by atoms with van der Waals surface area (Å²) in [6.45, 7) is 1.15. The number of fused-ring (bicyclic) bond motifs is 1. The number of rotatable bonds is 5. The first-order valence-corrected chi connectivity index (χ1v) is 11.9. The number of aliphatic carboxylic acids is 1. The van der Waals surface area contributed by atoms with Gasteiger partial charge in [-0.2, -0.15) is 0 Å². The van der Waals surface area contributed by atoms with Gasteiger partial charge in [0.25, 0.3) is 0 Å². The molecular formula is C28H26ClFNO3-. The van der Waals surface area contributed by atoms with E-state index >= 15 is 0 Å². The zero-order chi connectivity index (χ0) is 23.9. The van der Waals surface area contributed by atoms with Gasteiger partial charge in [0, 0.05) is 36.9 Å². The van der Waals surface area contributed by atoms with E-state index in [2.05, 4.69) is 4.90 Å². The van der Waals surface area contributed by atoms with Gasteiger partial charge in [-0.25, -0.2) is 4.39 Å². The van der Waals surface area contributed by atoms with Crippen molar-refractivity contribution in [1.29, 1.82) is 0 Å². The highest BCUT2D eigenvalue weighted by atomic mass is 35.5. The molecule has 3 aromatic carbocycles. The van der Waals surface area contributed by atoms with Crippen molar-refractivity contribution in [3.63, 3.8) is 0 Å². The molecule has 3 aromatic rings. The normalized spacial score (nSPS) is 29.0. The van der Waals surface area contributed by atoms with Crippen LogP contribution in [0.2, 0.25) is 5.02 Å². The van der Waals surface area contributed by atoms with Crippen LogP contribution in [0.5, 0.6) is 0 Å². The molecule has 5 rings (SSSR count). The molecule has 1 saturated carbocycles. The summed E-state index contributed by atoms with van der Waals surface area (Å²) >= 11 is 5.90. The van der Waals surface area contributed by atoms with E-state index in [-0.39, 0.29) is 17.5 Å². The molecule has 4 atom stereocenters. The largest absolute Gasteiger partial charge is 0.549 e. The minimum Gasteiger partial charge on any atom is -0.549 e. The summed E-state index contributed by atoms with van der Waals surface area (Å²) in [5, 5.41) is 25.1. The lowest BCUT2D eigenvalue weighted by atomic mass is 9.53. The van der Waals surface area contributed by atoms with Crippen LogP contribution in [0.25, 0.3) is 0 Å². The zero-order valence-corrected chi connectivity index (χ0v) is 19.4. The standard InChI is InChI=1S/C28H27ClFNO3/c29-23-12-11-21(15-24(23)30)28(34)14-13-22(20-9-5-2-6-10-20)27(26(32)33)18-31(17-25(27)28)16-19-7-3-1-4-8-19/h1-12,15,22,25,34H,13-14,16-18H2,(H,32,33)/p-1. The van der Waals surface area contributed by atoms with Crippen molar-refractivity contribution >= 4 is 17.6 Å². The van der Waals surface area contributed by atoms with Gasteiger partial charge in [-0.15, -0.1) is 0 Å². The molecule has 4 nitrogen and oxygen atoms in total. The van der Waals surface area contributed by atoms with E-state index in [4.69, 9.17) is 11.6 Å². The minimum absolute atomic E-state index is 0.0337. The Balaban J connectivity index is 1.62. The first-order valence-electron chi connectivity index (χ1n) is 11.5. The van der Waals surface area contributed by atoms with Crippen molar-refractivity contribution in [2.24, 2.45) is 11.3 Å². The smallest absolute Gasteiger partial charge is 0.142 e. The molecule has 0 bridgehead atoms. The first kappa shape index (κ1) is 23.0. The Labute approximate surface area is 203 Å². The summed E-state index contributed by atoms with van der Waals surface area (Å²) in [5.41, 5.74) is -0.519. The van der Waals surface area contributed by atoms with E-state index < -0.39 is 28.7 Å². The molecule has 176 valence electrons. The summed E-state index contributed by atoms with van der Waals surface area (Å²) in [4.78, 5) is 15.1. The van der Waals surface area contributed by atoms with Crippen molar-refractivity contribution in [2.45, 2.75) is 30.9 Å². The van der Waals surface area contributed by atoms with Crippen LogP contribution in [0.15, 0.2) is 78.9 Å². The Morgan fingerprint density at radius 3 is 2.41 bits per heavy atom. The Hall–Kier alpha value is -2.73. The number of carboxylic acids is 1. The van der Waals surface area contributed by atoms with Crippen LogP contribution in [0.4, 0.5) is 4.39 Å². The molecule has 4 unspecified atom stereocenters. The second kappa shape index (κ2) is 8.81. The monoisotopic (exact) mass is 478 g/mol. The molecule has 2 aliphatic rings. The van der Waals surface area contributed by atoms with E-state index in [0.29, 0.717) is 31.5 Å². The average molecular weight is 479 g/mol. The molecule has 1 heterocycles. The highest BCUT2D eigenvalue weighted by Crippen LogP contribution is 2.60. The Morgan fingerprint density at radius 1 is 1.09 bits per heavy atom. The molecule has 1 saturated heterocycles. The SMILES string of the molecule is O=C([O-])C12CN(Cc3ccccc3)CC1C(O)(c1ccc(Cl)c(F)c1)CCC2c1ccccc1. The highest BCUT2D eigenvalue weighted by molar-refractivity contribution is 6.30. The molecule has 34 heavy (non-hydrogen) atoms. The zero-order valence-electron chi connectivity index (χ0n) is 18.7. The lowest BCUT2D eigenvalue weighted by molar-refractivity contribution is -0.327. The number of halogens is 2. The third kappa shape index (κ3) is 3.72. The van der Waals surface area contributed by atoms with Crippen molar-refractivity contribution in [3.05, 3.63) is 106 Å². The maximum Gasteiger partial charge on any atom is 0.142 e. The number of benzene rings is 3. The van der Waals surface area contributed by atoms with Gasteiger partial charge in [0.15, 0.2) is 0 Å². The van der Waals surface area contributed by atoms with Gasteiger partial charge in [0.1, 0.15) is 5.82 Å². The third-order valence-electron chi connectivity index (χ3n) is 7.81. The number of hydrogen-bond acceptors (Lipinski definition) is 4. The predicted octanol–water partition coefficient (Wildman–Crippen LogP) is 4.11. The summed E-state index contributed by atoms with van der Waals surface area (Å²) in [6, 6.07) is 23.7. The molecule has 1 N–H and O–H groups in total. The number of nitrogens with zero attached hydrogens (tertiary/aromatic N) is 1. The van der Waals surface area contributed by atoms with E-state index in [0.717, 1.165) is 11.1 Å². The van der Waals surface area contributed by atoms with Crippen molar-refractivity contribution in [1.82, 2.24) is 4.90 Å². The summed E-state index contributed by atoms with van der Waals surface area (Å²) in [5.74, 6) is -2.82. The van der Waals surface area contributed by atoms with Crippen LogP contribution in [0.1, 0.15) is 35.4 Å². The average Bonchev–Trinajstić information content (AvgIpc) is 3.24. The Kier molecular flexibility index (Phi) is 5.96. The van der Waals surface area contributed by atoms with E-state index in [9.17, 15) is 19.4 Å². The topological polar surface area (TPSA) is 63.6 Å². The van der Waals surface area contributed by atoms with Crippen molar-refractivity contribution in [3.8, 4) is 0 Å². The van der Waals surface area contributed by atoms with Gasteiger partial charge in [-0.1, -0.05) is 78.3 Å². The lowest BCUT2D eigenvalue weighted by Gasteiger charge is -2.53. The van der Waals surface area contributed by atoms with Crippen LogP contribution < -0.4 is 5.11 Å². The molecule has 0 amide bonds. The number of hydrogen-bond donors (Lipinski definition) is 1. The minimum atomic E-state index is -1.53.